The molecule has 0 heterocycles. The highest BCUT2D eigenvalue weighted by atomic mass is 35.5. The van der Waals surface area contributed by atoms with Gasteiger partial charge in [0.25, 0.3) is 0 Å². The lowest BCUT2D eigenvalue weighted by atomic mass is 10.0. The Morgan fingerprint density at radius 2 is 1.83 bits per heavy atom. The summed E-state index contributed by atoms with van der Waals surface area (Å²) in [6.07, 6.45) is -0.134. The Balaban J connectivity index is 2.81. The van der Waals surface area contributed by atoms with Crippen molar-refractivity contribution in [2.75, 3.05) is 7.11 Å². The van der Waals surface area contributed by atoms with Crippen LogP contribution >= 0.6 is 23.2 Å². The van der Waals surface area contributed by atoms with Gasteiger partial charge in [0, 0.05) is 10.0 Å². The molecule has 2 N–H and O–H groups in total. The molecule has 128 valence electrons. The third-order valence-corrected chi connectivity index (χ3v) is 3.85. The number of amides is 2. The van der Waals surface area contributed by atoms with E-state index in [2.05, 4.69) is 15.4 Å². The quantitative estimate of drug-likeness (QED) is 0.807. The molecule has 2 unspecified atom stereocenters. The van der Waals surface area contributed by atoms with Crippen molar-refractivity contribution in [3.8, 4) is 0 Å². The highest BCUT2D eigenvalue weighted by molar-refractivity contribution is 6.35. The molecule has 2 atom stereocenters. The van der Waals surface area contributed by atoms with Crippen molar-refractivity contribution in [2.24, 2.45) is 5.92 Å². The second-order valence-electron chi connectivity index (χ2n) is 5.71. The highest BCUT2D eigenvalue weighted by Crippen LogP contribution is 2.26. The maximum Gasteiger partial charge on any atom is 0.407 e. The molecule has 7 heteroatoms. The van der Waals surface area contributed by atoms with Crippen LogP contribution in [0.1, 0.15) is 38.8 Å². The number of halogens is 2. The van der Waals surface area contributed by atoms with Crippen molar-refractivity contribution in [1.82, 2.24) is 10.6 Å². The molecule has 0 aliphatic carbocycles. The summed E-state index contributed by atoms with van der Waals surface area (Å²) in [4.78, 5) is 23.8. The molecular formula is C16H22Cl2N2O3. The zero-order valence-electron chi connectivity index (χ0n) is 13.7. The van der Waals surface area contributed by atoms with Gasteiger partial charge in [0.1, 0.15) is 6.04 Å². The van der Waals surface area contributed by atoms with E-state index < -0.39 is 12.1 Å². The number of methoxy groups -OCH3 is 1. The Hall–Kier alpha value is -1.46. The number of carbonyl (C=O) groups excluding carboxylic acids is 2. The van der Waals surface area contributed by atoms with Gasteiger partial charge in [-0.1, -0.05) is 43.1 Å². The lowest BCUT2D eigenvalue weighted by molar-refractivity contribution is -0.124. The number of benzene rings is 1. The number of carbonyl (C=O) groups is 2. The van der Waals surface area contributed by atoms with E-state index in [0.717, 1.165) is 5.56 Å². The number of ether oxygens (including phenoxy) is 1. The lowest BCUT2D eigenvalue weighted by Gasteiger charge is -2.23. The van der Waals surface area contributed by atoms with Crippen LogP contribution < -0.4 is 10.6 Å². The van der Waals surface area contributed by atoms with Gasteiger partial charge >= 0.3 is 6.09 Å². The fourth-order valence-electron chi connectivity index (χ4n) is 2.15. The van der Waals surface area contributed by atoms with Gasteiger partial charge < -0.3 is 15.4 Å². The fourth-order valence-corrected chi connectivity index (χ4v) is 2.72. The Morgan fingerprint density at radius 1 is 1.17 bits per heavy atom. The first kappa shape index (κ1) is 19.6. The van der Waals surface area contributed by atoms with Gasteiger partial charge in [-0.25, -0.2) is 4.79 Å². The lowest BCUT2D eigenvalue weighted by Crippen LogP contribution is -2.48. The van der Waals surface area contributed by atoms with E-state index in [9.17, 15) is 9.59 Å². The molecule has 1 aromatic carbocycles. The van der Waals surface area contributed by atoms with Crippen molar-refractivity contribution in [3.63, 3.8) is 0 Å². The predicted molar refractivity (Wildman–Crippen MR) is 91.8 cm³/mol. The van der Waals surface area contributed by atoms with E-state index in [1.54, 1.807) is 18.2 Å². The molecular weight excluding hydrogens is 339 g/mol. The molecule has 1 rings (SSSR count). The summed E-state index contributed by atoms with van der Waals surface area (Å²) in [5, 5.41) is 6.41. The van der Waals surface area contributed by atoms with Crippen LogP contribution in [0.5, 0.6) is 0 Å². The molecule has 5 nitrogen and oxygen atoms in total. The number of nitrogens with one attached hydrogen (secondary N) is 2. The molecule has 0 spiro atoms. The monoisotopic (exact) mass is 360 g/mol. The van der Waals surface area contributed by atoms with E-state index >= 15 is 0 Å². The summed E-state index contributed by atoms with van der Waals surface area (Å²) in [6.45, 7) is 5.76. The van der Waals surface area contributed by atoms with Gasteiger partial charge in [0.2, 0.25) is 5.91 Å². The minimum absolute atomic E-state index is 0.234. The van der Waals surface area contributed by atoms with E-state index in [4.69, 9.17) is 23.2 Å². The first-order valence-corrected chi connectivity index (χ1v) is 8.10. The van der Waals surface area contributed by atoms with Gasteiger partial charge in [-0.2, -0.15) is 0 Å². The van der Waals surface area contributed by atoms with Gasteiger partial charge in [0.15, 0.2) is 0 Å². The summed E-state index contributed by atoms with van der Waals surface area (Å²) in [7, 11) is 1.26. The number of hydrogen-bond donors (Lipinski definition) is 2. The Morgan fingerprint density at radius 3 is 2.35 bits per heavy atom. The van der Waals surface area contributed by atoms with Crippen LogP contribution in [0.2, 0.25) is 10.0 Å². The largest absolute Gasteiger partial charge is 0.453 e. The molecule has 23 heavy (non-hydrogen) atoms. The Bertz CT molecular complexity index is 564. The molecule has 0 saturated heterocycles. The Kier molecular flexibility index (Phi) is 7.65. The number of hydrogen-bond acceptors (Lipinski definition) is 3. The van der Waals surface area contributed by atoms with Crippen molar-refractivity contribution in [2.45, 2.75) is 39.3 Å². The van der Waals surface area contributed by atoms with Crippen molar-refractivity contribution >= 4 is 35.2 Å². The predicted octanol–water partition coefficient (Wildman–Crippen LogP) is 3.94. The average Bonchev–Trinajstić information content (AvgIpc) is 2.45. The van der Waals surface area contributed by atoms with Gasteiger partial charge in [0.05, 0.1) is 13.2 Å². The second-order valence-corrected chi connectivity index (χ2v) is 6.56. The van der Waals surface area contributed by atoms with Crippen molar-refractivity contribution in [3.05, 3.63) is 33.8 Å². The van der Waals surface area contributed by atoms with Crippen molar-refractivity contribution in [1.29, 1.82) is 0 Å². The van der Waals surface area contributed by atoms with E-state index in [0.29, 0.717) is 16.5 Å². The summed E-state index contributed by atoms with van der Waals surface area (Å²) >= 11 is 12.0. The summed E-state index contributed by atoms with van der Waals surface area (Å²) in [5.41, 5.74) is 0.755. The van der Waals surface area contributed by atoms with E-state index in [1.807, 2.05) is 20.8 Å². The third kappa shape index (κ3) is 6.28. The molecule has 0 fully saturated rings. The molecule has 0 aliphatic heterocycles. The highest BCUT2D eigenvalue weighted by Gasteiger charge is 2.24. The van der Waals surface area contributed by atoms with Crippen LogP contribution in [0.25, 0.3) is 0 Å². The van der Waals surface area contributed by atoms with Crippen LogP contribution in [-0.2, 0) is 9.53 Å². The molecule has 0 aromatic heterocycles. The van der Waals surface area contributed by atoms with Crippen LogP contribution in [0, 0.1) is 5.92 Å². The van der Waals surface area contributed by atoms with Gasteiger partial charge in [-0.05, 0) is 37.0 Å². The minimum atomic E-state index is -0.670. The zero-order chi connectivity index (χ0) is 17.6. The molecule has 2 amide bonds. The smallest absolute Gasteiger partial charge is 0.407 e. The molecule has 0 radical (unpaired) electrons. The normalized spacial score (nSPS) is 13.3. The zero-order valence-corrected chi connectivity index (χ0v) is 15.2. The van der Waals surface area contributed by atoms with Gasteiger partial charge in [-0.3, -0.25) is 4.79 Å². The second kappa shape index (κ2) is 8.99. The minimum Gasteiger partial charge on any atom is -0.453 e. The maximum atomic E-state index is 12.4. The van der Waals surface area contributed by atoms with E-state index in [1.165, 1.54) is 7.11 Å². The van der Waals surface area contributed by atoms with Crippen molar-refractivity contribution < 1.29 is 14.3 Å². The fraction of sp³-hybridized carbons (Fsp3) is 0.500. The number of alkyl carbamates (subject to hydrolysis) is 1. The Labute approximate surface area is 146 Å². The van der Waals surface area contributed by atoms with Gasteiger partial charge in [-0.15, -0.1) is 0 Å². The first-order valence-electron chi connectivity index (χ1n) is 7.34. The van der Waals surface area contributed by atoms with Crippen LogP contribution in [0.4, 0.5) is 4.79 Å². The summed E-state index contributed by atoms with van der Waals surface area (Å²) in [6, 6.07) is 4.11. The first-order chi connectivity index (χ1) is 10.7. The summed E-state index contributed by atoms with van der Waals surface area (Å²) in [5.74, 6) is -0.0556. The van der Waals surface area contributed by atoms with Crippen LogP contribution in [0.3, 0.4) is 0 Å². The average molecular weight is 361 g/mol. The summed E-state index contributed by atoms with van der Waals surface area (Å²) < 4.78 is 4.57. The maximum absolute atomic E-state index is 12.4. The van der Waals surface area contributed by atoms with Crippen LogP contribution in [0.15, 0.2) is 18.2 Å². The van der Waals surface area contributed by atoms with E-state index in [-0.39, 0.29) is 17.9 Å². The van der Waals surface area contributed by atoms with Crippen LogP contribution in [-0.4, -0.2) is 25.2 Å². The standard InChI is InChI=1S/C16H22Cl2N2O3/c1-9(2)7-14(20-16(22)23-4)15(21)19-10(3)12-6-5-11(17)8-13(12)18/h5-6,8-10,14H,7H2,1-4H3,(H,19,21)(H,20,22). The molecule has 0 aliphatic rings. The molecule has 1 aromatic rings. The third-order valence-electron chi connectivity index (χ3n) is 3.29. The topological polar surface area (TPSA) is 67.4 Å². The molecule has 0 bridgehead atoms. The molecule has 0 saturated carbocycles. The number of rotatable bonds is 6. The SMILES string of the molecule is COC(=O)NC(CC(C)C)C(=O)NC(C)c1ccc(Cl)cc1Cl.